The molecule has 0 unspecified atom stereocenters. The number of benzene rings is 1. The number of pyridine rings is 1. The van der Waals surface area contributed by atoms with Gasteiger partial charge < -0.3 is 10.2 Å². The van der Waals surface area contributed by atoms with Crippen molar-refractivity contribution >= 4 is 22.6 Å². The fraction of sp³-hybridized carbons (Fsp3) is 0.458. The molecule has 4 heterocycles. The van der Waals surface area contributed by atoms with Gasteiger partial charge in [0.15, 0.2) is 0 Å². The number of carbonyl (C=O) groups is 1. The van der Waals surface area contributed by atoms with E-state index in [0.29, 0.717) is 18.7 Å². The molecule has 174 valence electrons. The van der Waals surface area contributed by atoms with Crippen molar-refractivity contribution in [3.8, 4) is 11.1 Å². The standard InChI is InChI=1S/C24H28F2N6O/c1-31-14-18(13-28-31)15-2-3-16-12-27-23(7-17(16)6-15)30-24(33)32-21-4-5-22(32)9-19(8-21)29-20(10-25)11-26/h2-3,6-7,12-14,19-22,29H,4-5,8-11H2,1H3,(H,27,30,33)/t19-,21-,22+. The van der Waals surface area contributed by atoms with Gasteiger partial charge in [0.05, 0.1) is 12.2 Å². The number of urea groups is 1. The first kappa shape index (κ1) is 21.8. The molecule has 33 heavy (non-hydrogen) atoms. The zero-order chi connectivity index (χ0) is 22.9. The van der Waals surface area contributed by atoms with E-state index in [9.17, 15) is 13.6 Å². The van der Waals surface area contributed by atoms with Crippen molar-refractivity contribution in [1.29, 1.82) is 0 Å². The van der Waals surface area contributed by atoms with E-state index >= 15 is 0 Å². The highest BCUT2D eigenvalue weighted by Gasteiger charge is 2.43. The third-order valence-corrected chi connectivity index (χ3v) is 6.81. The topological polar surface area (TPSA) is 75.1 Å². The number of alkyl halides is 2. The fourth-order valence-electron chi connectivity index (χ4n) is 5.24. The number of amides is 2. The summed E-state index contributed by atoms with van der Waals surface area (Å²) in [6.45, 7) is -1.44. The summed E-state index contributed by atoms with van der Waals surface area (Å²) in [4.78, 5) is 19.4. The van der Waals surface area contributed by atoms with E-state index in [2.05, 4.69) is 26.8 Å². The lowest BCUT2D eigenvalue weighted by molar-refractivity contribution is 0.133. The maximum Gasteiger partial charge on any atom is 0.323 e. The van der Waals surface area contributed by atoms with Crippen molar-refractivity contribution < 1.29 is 13.6 Å². The third kappa shape index (κ3) is 4.42. The Morgan fingerprint density at radius 2 is 1.85 bits per heavy atom. The summed E-state index contributed by atoms with van der Waals surface area (Å²) in [5.74, 6) is 0.505. The Bertz CT molecular complexity index is 1130. The smallest absolute Gasteiger partial charge is 0.318 e. The summed E-state index contributed by atoms with van der Waals surface area (Å²) in [5.41, 5.74) is 2.07. The van der Waals surface area contributed by atoms with Crippen LogP contribution in [0.25, 0.3) is 21.9 Å². The van der Waals surface area contributed by atoms with Gasteiger partial charge in [-0.15, -0.1) is 0 Å². The molecule has 9 heteroatoms. The molecule has 0 spiro atoms. The molecular weight excluding hydrogens is 426 g/mol. The predicted molar refractivity (Wildman–Crippen MR) is 124 cm³/mol. The molecule has 7 nitrogen and oxygen atoms in total. The Morgan fingerprint density at radius 1 is 1.09 bits per heavy atom. The quantitative estimate of drug-likeness (QED) is 0.589. The van der Waals surface area contributed by atoms with Crippen LogP contribution in [0.2, 0.25) is 0 Å². The van der Waals surface area contributed by atoms with Crippen LogP contribution in [0.4, 0.5) is 19.4 Å². The van der Waals surface area contributed by atoms with E-state index < -0.39 is 19.4 Å². The highest BCUT2D eigenvalue weighted by atomic mass is 19.1. The van der Waals surface area contributed by atoms with E-state index in [1.165, 1.54) is 0 Å². The monoisotopic (exact) mass is 454 g/mol. The second kappa shape index (κ2) is 9.05. The average molecular weight is 455 g/mol. The zero-order valence-corrected chi connectivity index (χ0v) is 18.5. The Kier molecular flexibility index (Phi) is 5.97. The molecule has 3 aromatic rings. The van der Waals surface area contributed by atoms with E-state index in [-0.39, 0.29) is 24.2 Å². The minimum absolute atomic E-state index is 0.0349. The molecule has 0 radical (unpaired) electrons. The van der Waals surface area contributed by atoms with Gasteiger partial charge in [-0.2, -0.15) is 5.10 Å². The summed E-state index contributed by atoms with van der Waals surface area (Å²) >= 11 is 0. The lowest BCUT2D eigenvalue weighted by atomic mass is 9.97. The van der Waals surface area contributed by atoms with Crippen LogP contribution < -0.4 is 10.6 Å². The van der Waals surface area contributed by atoms with Gasteiger partial charge >= 0.3 is 6.03 Å². The van der Waals surface area contributed by atoms with Gasteiger partial charge in [0.25, 0.3) is 0 Å². The summed E-state index contributed by atoms with van der Waals surface area (Å²) in [5, 5.41) is 12.2. The number of fused-ring (bicyclic) bond motifs is 3. The summed E-state index contributed by atoms with van der Waals surface area (Å²) in [6.07, 6.45) is 8.78. The molecule has 0 saturated carbocycles. The summed E-state index contributed by atoms with van der Waals surface area (Å²) in [6, 6.07) is 7.25. The van der Waals surface area contributed by atoms with Crippen LogP contribution in [0.15, 0.2) is 42.9 Å². The molecule has 2 amide bonds. The average Bonchev–Trinajstić information content (AvgIpc) is 3.37. The normalized spacial score (nSPS) is 22.3. The van der Waals surface area contributed by atoms with Crippen molar-refractivity contribution in [2.75, 3.05) is 18.7 Å². The first-order chi connectivity index (χ1) is 16.0. The molecule has 0 aliphatic carbocycles. The number of piperidine rings is 1. The van der Waals surface area contributed by atoms with E-state index in [1.54, 1.807) is 10.9 Å². The summed E-state index contributed by atoms with van der Waals surface area (Å²) < 4.78 is 27.6. The largest absolute Gasteiger partial charge is 0.323 e. The molecule has 2 bridgehead atoms. The van der Waals surface area contributed by atoms with Crippen LogP contribution in [-0.2, 0) is 7.05 Å². The van der Waals surface area contributed by atoms with Crippen LogP contribution in [0.5, 0.6) is 0 Å². The number of nitrogens with zero attached hydrogens (tertiary/aromatic N) is 4. The Morgan fingerprint density at radius 3 is 2.52 bits per heavy atom. The van der Waals surface area contributed by atoms with Crippen LogP contribution in [0, 0.1) is 0 Å². The minimum atomic E-state index is -0.756. The van der Waals surface area contributed by atoms with Crippen LogP contribution in [-0.4, -0.2) is 63.2 Å². The maximum absolute atomic E-state index is 13.1. The number of aryl methyl sites for hydroxylation is 1. The zero-order valence-electron chi connectivity index (χ0n) is 18.5. The highest BCUT2D eigenvalue weighted by Crippen LogP contribution is 2.36. The lowest BCUT2D eigenvalue weighted by Gasteiger charge is -2.39. The summed E-state index contributed by atoms with van der Waals surface area (Å²) in [7, 11) is 1.88. The molecule has 2 saturated heterocycles. The second-order valence-corrected chi connectivity index (χ2v) is 9.10. The molecular formula is C24H28F2N6O. The molecule has 2 fully saturated rings. The molecule has 2 N–H and O–H groups in total. The first-order valence-electron chi connectivity index (χ1n) is 11.4. The number of halogens is 2. The number of hydrogen-bond donors (Lipinski definition) is 2. The van der Waals surface area contributed by atoms with Gasteiger partial charge in [0.1, 0.15) is 19.2 Å². The van der Waals surface area contributed by atoms with Crippen molar-refractivity contribution in [2.45, 2.75) is 49.9 Å². The minimum Gasteiger partial charge on any atom is -0.318 e. The Labute approximate surface area is 191 Å². The number of rotatable bonds is 6. The van der Waals surface area contributed by atoms with Crippen LogP contribution >= 0.6 is 0 Å². The fourth-order valence-corrected chi connectivity index (χ4v) is 5.24. The number of aromatic nitrogens is 3. The molecule has 5 rings (SSSR count). The Balaban J connectivity index is 1.29. The van der Waals surface area contributed by atoms with Crippen LogP contribution in [0.1, 0.15) is 25.7 Å². The van der Waals surface area contributed by atoms with Crippen molar-refractivity contribution in [2.24, 2.45) is 7.05 Å². The maximum atomic E-state index is 13.1. The molecule has 3 atom stereocenters. The van der Waals surface area contributed by atoms with Crippen molar-refractivity contribution in [1.82, 2.24) is 25.0 Å². The van der Waals surface area contributed by atoms with Crippen LogP contribution in [0.3, 0.4) is 0 Å². The number of anilines is 1. The van der Waals surface area contributed by atoms with Crippen molar-refractivity contribution in [3.05, 3.63) is 42.9 Å². The SMILES string of the molecule is Cn1cc(-c2ccc3cnc(NC(=O)N4[C@@H]5CC[C@H]4C[C@H](NC(CF)CF)C5)cc3c2)cn1. The van der Waals surface area contributed by atoms with E-state index in [0.717, 1.165) is 34.7 Å². The van der Waals surface area contributed by atoms with Crippen molar-refractivity contribution in [3.63, 3.8) is 0 Å². The van der Waals surface area contributed by atoms with Gasteiger partial charge in [-0.1, -0.05) is 12.1 Å². The molecule has 2 aliphatic rings. The van der Waals surface area contributed by atoms with Gasteiger partial charge in [-0.3, -0.25) is 10.00 Å². The van der Waals surface area contributed by atoms with E-state index in [4.69, 9.17) is 0 Å². The molecule has 2 aromatic heterocycles. The second-order valence-electron chi connectivity index (χ2n) is 9.10. The number of carbonyl (C=O) groups excluding carboxylic acids is 1. The van der Waals surface area contributed by atoms with Gasteiger partial charge in [-0.05, 0) is 48.8 Å². The number of nitrogens with one attached hydrogen (secondary N) is 2. The number of hydrogen-bond acceptors (Lipinski definition) is 4. The first-order valence-corrected chi connectivity index (χ1v) is 11.4. The van der Waals surface area contributed by atoms with Gasteiger partial charge in [0, 0.05) is 48.5 Å². The Hall–Kier alpha value is -3.07. The lowest BCUT2D eigenvalue weighted by Crippen LogP contribution is -2.54. The van der Waals surface area contributed by atoms with Gasteiger partial charge in [-0.25, -0.2) is 18.6 Å². The molecule has 2 aliphatic heterocycles. The predicted octanol–water partition coefficient (Wildman–Crippen LogP) is 4.06. The third-order valence-electron chi connectivity index (χ3n) is 6.81. The highest BCUT2D eigenvalue weighted by molar-refractivity contribution is 5.93. The van der Waals surface area contributed by atoms with E-state index in [1.807, 2.05) is 42.5 Å². The molecule has 1 aromatic carbocycles. The van der Waals surface area contributed by atoms with Gasteiger partial charge in [0.2, 0.25) is 0 Å².